The van der Waals surface area contributed by atoms with Gasteiger partial charge in [0.1, 0.15) is 35.9 Å². The average Bonchev–Trinajstić information content (AvgIpc) is 3.19. The molecule has 8 nitrogen and oxygen atoms in total. The molecule has 2 heterocycles. The third-order valence-electron chi connectivity index (χ3n) is 4.84. The van der Waals surface area contributed by atoms with Crippen molar-refractivity contribution in [2.45, 2.75) is 37.0 Å². The SMILES string of the molecule is Oc1ccc(C2OC[C@H](O)[C@H]([C@H](O)[C@H]3COC(c4ccc(O)cc4)O3)O2)cc1. The lowest BCUT2D eigenvalue weighted by Gasteiger charge is -2.37. The van der Waals surface area contributed by atoms with Crippen LogP contribution < -0.4 is 0 Å². The first-order valence-electron chi connectivity index (χ1n) is 8.99. The number of hydrogen-bond acceptors (Lipinski definition) is 8. The first-order valence-corrected chi connectivity index (χ1v) is 8.99. The van der Waals surface area contributed by atoms with Crippen LogP contribution >= 0.6 is 0 Å². The second-order valence-electron chi connectivity index (χ2n) is 6.85. The summed E-state index contributed by atoms with van der Waals surface area (Å²) < 4.78 is 22.7. The van der Waals surface area contributed by atoms with Crippen molar-refractivity contribution >= 4 is 0 Å². The second-order valence-corrected chi connectivity index (χ2v) is 6.85. The Kier molecular flexibility index (Phi) is 5.49. The maximum absolute atomic E-state index is 10.7. The molecule has 150 valence electrons. The first-order chi connectivity index (χ1) is 13.5. The molecule has 2 fully saturated rings. The fourth-order valence-corrected chi connectivity index (χ4v) is 3.28. The summed E-state index contributed by atoms with van der Waals surface area (Å²) in [7, 11) is 0. The van der Waals surface area contributed by atoms with Gasteiger partial charge < -0.3 is 39.4 Å². The van der Waals surface area contributed by atoms with E-state index >= 15 is 0 Å². The molecule has 0 aromatic heterocycles. The quantitative estimate of drug-likeness (QED) is 0.618. The summed E-state index contributed by atoms with van der Waals surface area (Å²) in [5.74, 6) is 0.255. The Bertz CT molecular complexity index is 778. The molecular weight excluding hydrogens is 368 g/mol. The van der Waals surface area contributed by atoms with Crippen molar-refractivity contribution in [2.75, 3.05) is 13.2 Å². The minimum Gasteiger partial charge on any atom is -0.508 e. The van der Waals surface area contributed by atoms with Crippen LogP contribution in [0.2, 0.25) is 0 Å². The van der Waals surface area contributed by atoms with E-state index in [1.54, 1.807) is 24.3 Å². The Balaban J connectivity index is 1.42. The summed E-state index contributed by atoms with van der Waals surface area (Å²) in [6, 6.07) is 12.7. The number of phenolic OH excluding ortho intramolecular Hbond substituents is 2. The van der Waals surface area contributed by atoms with Gasteiger partial charge in [0.2, 0.25) is 0 Å². The van der Waals surface area contributed by atoms with Crippen molar-refractivity contribution in [3.63, 3.8) is 0 Å². The minimum absolute atomic E-state index is 0.0117. The van der Waals surface area contributed by atoms with Crippen LogP contribution in [-0.4, -0.2) is 58.1 Å². The normalized spacial score (nSPS) is 31.6. The number of ether oxygens (including phenoxy) is 4. The Morgan fingerprint density at radius 1 is 0.750 bits per heavy atom. The summed E-state index contributed by atoms with van der Waals surface area (Å²) in [6.07, 6.45) is -5.25. The van der Waals surface area contributed by atoms with Crippen LogP contribution in [0.1, 0.15) is 23.7 Å². The van der Waals surface area contributed by atoms with E-state index in [-0.39, 0.29) is 24.7 Å². The molecule has 6 atom stereocenters. The van der Waals surface area contributed by atoms with E-state index in [4.69, 9.17) is 18.9 Å². The summed E-state index contributed by atoms with van der Waals surface area (Å²) in [4.78, 5) is 0. The molecule has 2 saturated heterocycles. The van der Waals surface area contributed by atoms with Gasteiger partial charge in [0.15, 0.2) is 12.6 Å². The first kappa shape index (κ1) is 19.1. The Morgan fingerprint density at radius 3 is 1.82 bits per heavy atom. The molecule has 0 saturated carbocycles. The second kappa shape index (κ2) is 8.04. The van der Waals surface area contributed by atoms with E-state index in [0.29, 0.717) is 11.1 Å². The van der Waals surface area contributed by atoms with Crippen molar-refractivity contribution < 1.29 is 39.4 Å². The number of aliphatic hydroxyl groups excluding tert-OH is 2. The van der Waals surface area contributed by atoms with Crippen molar-refractivity contribution in [3.8, 4) is 11.5 Å². The topological polar surface area (TPSA) is 118 Å². The molecule has 0 aliphatic carbocycles. The summed E-state index contributed by atoms with van der Waals surface area (Å²) in [5, 5.41) is 39.8. The van der Waals surface area contributed by atoms with Crippen LogP contribution in [0.5, 0.6) is 11.5 Å². The van der Waals surface area contributed by atoms with Crippen LogP contribution in [-0.2, 0) is 18.9 Å². The van der Waals surface area contributed by atoms with Gasteiger partial charge in [-0.3, -0.25) is 0 Å². The molecule has 8 heteroatoms. The number of aliphatic hydroxyl groups is 2. The van der Waals surface area contributed by atoms with Crippen LogP contribution in [0.25, 0.3) is 0 Å². The molecule has 2 unspecified atom stereocenters. The number of benzene rings is 2. The molecule has 28 heavy (non-hydrogen) atoms. The van der Waals surface area contributed by atoms with Crippen LogP contribution in [0, 0.1) is 0 Å². The molecular formula is C20H22O8. The van der Waals surface area contributed by atoms with Gasteiger partial charge in [-0.2, -0.15) is 0 Å². The van der Waals surface area contributed by atoms with Crippen molar-refractivity contribution in [2.24, 2.45) is 0 Å². The van der Waals surface area contributed by atoms with Gasteiger partial charge in [0.05, 0.1) is 13.2 Å². The molecule has 0 radical (unpaired) electrons. The highest BCUT2D eigenvalue weighted by Gasteiger charge is 2.43. The van der Waals surface area contributed by atoms with Crippen molar-refractivity contribution in [3.05, 3.63) is 59.7 Å². The van der Waals surface area contributed by atoms with Crippen molar-refractivity contribution in [1.82, 2.24) is 0 Å². The Morgan fingerprint density at radius 2 is 1.25 bits per heavy atom. The number of phenols is 2. The summed E-state index contributed by atoms with van der Waals surface area (Å²) in [5.41, 5.74) is 1.37. The minimum atomic E-state index is -1.14. The van der Waals surface area contributed by atoms with E-state index in [1.807, 2.05) is 0 Å². The number of hydrogen-bond donors (Lipinski definition) is 4. The molecule has 2 aliphatic heterocycles. The standard InChI is InChI=1S/C20H22O8/c21-13-5-1-11(2-6-13)19-26-10-16(27-19)17(24)18-15(23)9-25-20(28-18)12-3-7-14(22)8-4-12/h1-8,15-24H,9-10H2/t15-,16+,17+,18+,19?,20?/m0/s1. The predicted octanol–water partition coefficient (Wildman–Crippen LogP) is 1.35. The number of aromatic hydroxyl groups is 2. The zero-order chi connectivity index (χ0) is 19.7. The van der Waals surface area contributed by atoms with Crippen molar-refractivity contribution in [1.29, 1.82) is 0 Å². The van der Waals surface area contributed by atoms with Gasteiger partial charge in [0, 0.05) is 11.1 Å². The molecule has 0 amide bonds. The van der Waals surface area contributed by atoms with Crippen LogP contribution in [0.4, 0.5) is 0 Å². The third kappa shape index (κ3) is 3.97. The van der Waals surface area contributed by atoms with E-state index in [0.717, 1.165) is 0 Å². The summed E-state index contributed by atoms with van der Waals surface area (Å²) >= 11 is 0. The fraction of sp³-hybridized carbons (Fsp3) is 0.400. The van der Waals surface area contributed by atoms with Gasteiger partial charge in [-0.25, -0.2) is 0 Å². The van der Waals surface area contributed by atoms with Gasteiger partial charge in [-0.1, -0.05) is 24.3 Å². The molecule has 4 N–H and O–H groups in total. The average molecular weight is 390 g/mol. The van der Waals surface area contributed by atoms with Crippen LogP contribution in [0.15, 0.2) is 48.5 Å². The molecule has 0 spiro atoms. The zero-order valence-corrected chi connectivity index (χ0v) is 14.9. The monoisotopic (exact) mass is 390 g/mol. The third-order valence-corrected chi connectivity index (χ3v) is 4.84. The Hall–Kier alpha value is -2.20. The summed E-state index contributed by atoms with van der Waals surface area (Å²) in [6.45, 7) is 0.117. The highest BCUT2D eigenvalue weighted by molar-refractivity contribution is 5.27. The molecule has 2 aliphatic rings. The maximum Gasteiger partial charge on any atom is 0.184 e. The molecule has 4 rings (SSSR count). The lowest BCUT2D eigenvalue weighted by molar-refractivity contribution is -0.283. The van der Waals surface area contributed by atoms with Gasteiger partial charge in [-0.05, 0) is 24.3 Å². The van der Waals surface area contributed by atoms with Gasteiger partial charge in [-0.15, -0.1) is 0 Å². The van der Waals surface area contributed by atoms with E-state index < -0.39 is 37.0 Å². The predicted molar refractivity (Wildman–Crippen MR) is 95.4 cm³/mol. The van der Waals surface area contributed by atoms with E-state index in [1.165, 1.54) is 24.3 Å². The number of rotatable bonds is 4. The molecule has 0 bridgehead atoms. The maximum atomic E-state index is 10.7. The zero-order valence-electron chi connectivity index (χ0n) is 14.9. The molecule has 2 aromatic rings. The highest BCUT2D eigenvalue weighted by Crippen LogP contribution is 2.34. The highest BCUT2D eigenvalue weighted by atomic mass is 16.7. The van der Waals surface area contributed by atoms with Gasteiger partial charge >= 0.3 is 0 Å². The Labute approximate surface area is 161 Å². The smallest absolute Gasteiger partial charge is 0.184 e. The van der Waals surface area contributed by atoms with E-state index in [9.17, 15) is 20.4 Å². The largest absolute Gasteiger partial charge is 0.508 e. The lowest BCUT2D eigenvalue weighted by atomic mass is 10.0. The molecule has 2 aromatic carbocycles. The lowest BCUT2D eigenvalue weighted by Crippen LogP contribution is -2.52. The van der Waals surface area contributed by atoms with E-state index in [2.05, 4.69) is 0 Å². The van der Waals surface area contributed by atoms with Gasteiger partial charge in [0.25, 0.3) is 0 Å². The van der Waals surface area contributed by atoms with Crippen LogP contribution in [0.3, 0.4) is 0 Å². The fourth-order valence-electron chi connectivity index (χ4n) is 3.28.